The molecule has 0 fully saturated rings. The summed E-state index contributed by atoms with van der Waals surface area (Å²) in [5.41, 5.74) is -0.537. The van der Waals surface area contributed by atoms with Crippen molar-refractivity contribution in [2.45, 2.75) is 18.4 Å². The Labute approximate surface area is 100 Å². The minimum atomic E-state index is -4.41. The maximum absolute atomic E-state index is 12.3. The number of alkyl halides is 3. The lowest BCUT2D eigenvalue weighted by Gasteiger charge is -2.17. The highest BCUT2D eigenvalue weighted by Gasteiger charge is 2.31. The van der Waals surface area contributed by atoms with E-state index in [9.17, 15) is 23.1 Å². The number of cyclic esters (lactones) is 1. The van der Waals surface area contributed by atoms with Crippen molar-refractivity contribution in [1.29, 1.82) is 0 Å². The predicted molar refractivity (Wildman–Crippen MR) is 55.4 cm³/mol. The van der Waals surface area contributed by atoms with Crippen molar-refractivity contribution in [2.24, 2.45) is 0 Å². The minimum absolute atomic E-state index is 0.257. The van der Waals surface area contributed by atoms with Gasteiger partial charge >= 0.3 is 12.1 Å². The first-order valence-electron chi connectivity index (χ1n) is 5.12. The Morgan fingerprint density at radius 2 is 1.83 bits per heavy atom. The standard InChI is InChI=1S/C12H9F3O3/c13-12(14,15)8-3-1-7(2-4-8)11(17)9-5-6-10(16)18-9/h1-6,9,11,17H/t9-,11+/m1/s1. The quantitative estimate of drug-likeness (QED) is 0.827. The van der Waals surface area contributed by atoms with Gasteiger partial charge in [0.25, 0.3) is 0 Å². The summed E-state index contributed by atoms with van der Waals surface area (Å²) in [6.07, 6.45) is -3.91. The molecule has 1 aromatic carbocycles. The second-order valence-electron chi connectivity index (χ2n) is 3.83. The fourth-order valence-electron chi connectivity index (χ4n) is 1.61. The monoisotopic (exact) mass is 258 g/mol. The van der Waals surface area contributed by atoms with Crippen LogP contribution in [0, 0.1) is 0 Å². The van der Waals surface area contributed by atoms with Crippen LogP contribution >= 0.6 is 0 Å². The van der Waals surface area contributed by atoms with Crippen molar-refractivity contribution in [1.82, 2.24) is 0 Å². The van der Waals surface area contributed by atoms with Crippen LogP contribution in [0.5, 0.6) is 0 Å². The summed E-state index contributed by atoms with van der Waals surface area (Å²) < 4.78 is 41.7. The van der Waals surface area contributed by atoms with E-state index in [1.807, 2.05) is 0 Å². The van der Waals surface area contributed by atoms with Gasteiger partial charge in [-0.3, -0.25) is 0 Å². The maximum Gasteiger partial charge on any atom is 0.416 e. The lowest BCUT2D eigenvalue weighted by atomic mass is 10.0. The predicted octanol–water partition coefficient (Wildman–Crippen LogP) is 2.22. The molecule has 0 saturated heterocycles. The molecule has 0 bridgehead atoms. The van der Waals surface area contributed by atoms with Crippen LogP contribution < -0.4 is 0 Å². The fourth-order valence-corrected chi connectivity index (χ4v) is 1.61. The number of carbonyl (C=O) groups is 1. The summed E-state index contributed by atoms with van der Waals surface area (Å²) in [6, 6.07) is 4.07. The zero-order chi connectivity index (χ0) is 13.3. The van der Waals surface area contributed by atoms with Gasteiger partial charge in [0.1, 0.15) is 6.10 Å². The summed E-state index contributed by atoms with van der Waals surface area (Å²) >= 11 is 0. The second kappa shape index (κ2) is 4.45. The van der Waals surface area contributed by atoms with Crippen molar-refractivity contribution < 1.29 is 27.8 Å². The molecule has 3 nitrogen and oxygen atoms in total. The highest BCUT2D eigenvalue weighted by Crippen LogP contribution is 2.31. The van der Waals surface area contributed by atoms with Crippen molar-refractivity contribution in [2.75, 3.05) is 0 Å². The van der Waals surface area contributed by atoms with Gasteiger partial charge in [0, 0.05) is 6.08 Å². The summed E-state index contributed by atoms with van der Waals surface area (Å²) in [5, 5.41) is 9.82. The normalized spacial score (nSPS) is 20.9. The smallest absolute Gasteiger partial charge is 0.416 e. The van der Waals surface area contributed by atoms with Crippen LogP contribution in [0.1, 0.15) is 17.2 Å². The number of aliphatic hydroxyl groups is 1. The summed E-state index contributed by atoms with van der Waals surface area (Å²) in [6.45, 7) is 0. The van der Waals surface area contributed by atoms with Gasteiger partial charge < -0.3 is 9.84 Å². The van der Waals surface area contributed by atoms with Gasteiger partial charge in [0.15, 0.2) is 6.10 Å². The van der Waals surface area contributed by atoms with Gasteiger partial charge in [-0.05, 0) is 23.8 Å². The molecule has 1 aromatic rings. The number of aliphatic hydroxyl groups excluding tert-OH is 1. The summed E-state index contributed by atoms with van der Waals surface area (Å²) in [5.74, 6) is -0.578. The van der Waals surface area contributed by atoms with Gasteiger partial charge in [-0.25, -0.2) is 4.79 Å². The van der Waals surface area contributed by atoms with Gasteiger partial charge in [-0.1, -0.05) is 12.1 Å². The van der Waals surface area contributed by atoms with E-state index in [-0.39, 0.29) is 5.56 Å². The Morgan fingerprint density at radius 1 is 1.22 bits per heavy atom. The van der Waals surface area contributed by atoms with Gasteiger partial charge in [0.05, 0.1) is 5.56 Å². The topological polar surface area (TPSA) is 46.5 Å². The number of carbonyl (C=O) groups excluding carboxylic acids is 1. The molecule has 2 atom stereocenters. The van der Waals surface area contributed by atoms with Crippen LogP contribution in [-0.4, -0.2) is 17.2 Å². The number of esters is 1. The Kier molecular flexibility index (Phi) is 3.13. The molecule has 1 aliphatic heterocycles. The first-order valence-corrected chi connectivity index (χ1v) is 5.12. The Morgan fingerprint density at radius 3 is 2.28 bits per heavy atom. The molecule has 2 rings (SSSR count). The van der Waals surface area contributed by atoms with E-state index < -0.39 is 29.9 Å². The number of rotatable bonds is 2. The molecule has 0 amide bonds. The highest BCUT2D eigenvalue weighted by atomic mass is 19.4. The number of hydrogen-bond donors (Lipinski definition) is 1. The molecule has 1 aliphatic rings. The number of hydrogen-bond acceptors (Lipinski definition) is 3. The van der Waals surface area contributed by atoms with Crippen LogP contribution in [-0.2, 0) is 15.7 Å². The molecule has 0 aromatic heterocycles. The first-order chi connectivity index (χ1) is 8.38. The lowest BCUT2D eigenvalue weighted by molar-refractivity contribution is -0.142. The molecule has 0 unspecified atom stereocenters. The molecule has 6 heteroatoms. The number of benzene rings is 1. The molecule has 0 saturated carbocycles. The fraction of sp³-hybridized carbons (Fsp3) is 0.250. The van der Waals surface area contributed by atoms with E-state index in [1.165, 1.54) is 6.08 Å². The lowest BCUT2D eigenvalue weighted by Crippen LogP contribution is -2.18. The Hall–Kier alpha value is -1.82. The van der Waals surface area contributed by atoms with E-state index in [2.05, 4.69) is 0 Å². The third kappa shape index (κ3) is 2.53. The third-order valence-corrected chi connectivity index (χ3v) is 2.56. The van der Waals surface area contributed by atoms with Gasteiger partial charge in [-0.15, -0.1) is 0 Å². The van der Waals surface area contributed by atoms with E-state index in [0.29, 0.717) is 0 Å². The van der Waals surface area contributed by atoms with Crippen molar-refractivity contribution >= 4 is 5.97 Å². The van der Waals surface area contributed by atoms with E-state index in [0.717, 1.165) is 30.3 Å². The molecular weight excluding hydrogens is 249 g/mol. The molecule has 0 radical (unpaired) electrons. The van der Waals surface area contributed by atoms with Crippen LogP contribution in [0.4, 0.5) is 13.2 Å². The minimum Gasteiger partial charge on any atom is -0.452 e. The van der Waals surface area contributed by atoms with Crippen LogP contribution in [0.2, 0.25) is 0 Å². The zero-order valence-corrected chi connectivity index (χ0v) is 9.02. The van der Waals surface area contributed by atoms with Crippen molar-refractivity contribution in [3.63, 3.8) is 0 Å². The molecular formula is C12H9F3O3. The molecule has 0 aliphatic carbocycles. The van der Waals surface area contributed by atoms with E-state index in [1.54, 1.807) is 0 Å². The van der Waals surface area contributed by atoms with E-state index >= 15 is 0 Å². The average molecular weight is 258 g/mol. The average Bonchev–Trinajstić information content (AvgIpc) is 2.74. The number of ether oxygens (including phenoxy) is 1. The zero-order valence-electron chi connectivity index (χ0n) is 9.02. The van der Waals surface area contributed by atoms with E-state index in [4.69, 9.17) is 4.74 Å². The summed E-state index contributed by atoms with van der Waals surface area (Å²) in [7, 11) is 0. The molecule has 1 heterocycles. The second-order valence-corrected chi connectivity index (χ2v) is 3.83. The molecule has 1 N–H and O–H groups in total. The van der Waals surface area contributed by atoms with Crippen LogP contribution in [0.25, 0.3) is 0 Å². The maximum atomic E-state index is 12.3. The molecule has 0 spiro atoms. The first kappa shape index (κ1) is 12.6. The summed E-state index contributed by atoms with van der Waals surface area (Å²) in [4.78, 5) is 10.8. The third-order valence-electron chi connectivity index (χ3n) is 2.56. The van der Waals surface area contributed by atoms with Crippen molar-refractivity contribution in [3.05, 3.63) is 47.5 Å². The van der Waals surface area contributed by atoms with Gasteiger partial charge in [-0.2, -0.15) is 13.2 Å². The highest BCUT2D eigenvalue weighted by molar-refractivity contribution is 5.84. The molecule has 18 heavy (non-hydrogen) atoms. The van der Waals surface area contributed by atoms with Crippen LogP contribution in [0.15, 0.2) is 36.4 Å². The largest absolute Gasteiger partial charge is 0.452 e. The van der Waals surface area contributed by atoms with Gasteiger partial charge in [0.2, 0.25) is 0 Å². The molecule has 96 valence electrons. The van der Waals surface area contributed by atoms with Crippen molar-refractivity contribution in [3.8, 4) is 0 Å². The SMILES string of the molecule is O=C1C=C[C@H]([C@@H](O)c2ccc(C(F)(F)F)cc2)O1. The number of halogens is 3. The van der Waals surface area contributed by atoms with Crippen LogP contribution in [0.3, 0.4) is 0 Å². The Bertz CT molecular complexity index is 476. The Balaban J connectivity index is 2.15.